The molecule has 0 aliphatic rings. The average molecular weight is 324 g/mol. The fourth-order valence-corrected chi connectivity index (χ4v) is 1.72. The van der Waals surface area contributed by atoms with Gasteiger partial charge in [-0.25, -0.2) is 0 Å². The molecule has 0 fully saturated rings. The van der Waals surface area contributed by atoms with Gasteiger partial charge in [0.1, 0.15) is 5.76 Å². The molecule has 1 atom stereocenters. The number of rotatable bonds is 5. The molecule has 0 aromatic carbocycles. The van der Waals surface area contributed by atoms with Crippen LogP contribution in [0.25, 0.3) is 0 Å². The van der Waals surface area contributed by atoms with Gasteiger partial charge in [0, 0.05) is 29.4 Å². The molecular formula is C10H16N2O4S3. The Hall–Kier alpha value is -0.930. The number of nitrogens with zero attached hydrogens (tertiary/aromatic N) is 1. The molecule has 1 heterocycles. The maximum atomic E-state index is 11.1. The van der Waals surface area contributed by atoms with Crippen LogP contribution in [0.4, 0.5) is 9.59 Å². The third kappa shape index (κ3) is 10.7. The minimum absolute atomic E-state index is 0.336. The molecule has 0 aliphatic carbocycles. The van der Waals surface area contributed by atoms with Crippen LogP contribution in [-0.4, -0.2) is 38.1 Å². The highest BCUT2D eigenvalue weighted by molar-refractivity contribution is 7.96. The molecule has 2 amide bonds. The standard InChI is InChI=1S/C9H13NO3S2.CH3NOS/c1-15(12)6-4-10(9(11)14)7-8-3-2-5-13-8;2-1(3)4/h2-3,5H,4,6-7H2,1H3,(H,11,14);(H3,2,3,4). The predicted molar refractivity (Wildman–Crippen MR) is 81.0 cm³/mol. The first-order chi connectivity index (χ1) is 8.82. The zero-order chi connectivity index (χ0) is 14.8. The number of nitrogens with two attached hydrogens (primary N) is 1. The fourth-order valence-electron chi connectivity index (χ4n) is 1.07. The van der Waals surface area contributed by atoms with Crippen molar-refractivity contribution >= 4 is 46.5 Å². The zero-order valence-electron chi connectivity index (χ0n) is 10.3. The first-order valence-corrected chi connectivity index (χ1v) is 7.73. The molecule has 1 rings (SSSR count). The van der Waals surface area contributed by atoms with Gasteiger partial charge in [-0.15, -0.1) is 0 Å². The van der Waals surface area contributed by atoms with E-state index < -0.39 is 16.0 Å². The Balaban J connectivity index is 0.000000711. The molecule has 0 aliphatic heterocycles. The maximum Gasteiger partial charge on any atom is 0.278 e. The number of carbonyl (C=O) groups is 2. The summed E-state index contributed by atoms with van der Waals surface area (Å²) in [6, 6.07) is 3.54. The van der Waals surface area contributed by atoms with E-state index in [0.717, 1.165) is 0 Å². The predicted octanol–water partition coefficient (Wildman–Crippen LogP) is 1.50. The van der Waals surface area contributed by atoms with Crippen LogP contribution in [0.2, 0.25) is 0 Å². The van der Waals surface area contributed by atoms with E-state index in [4.69, 9.17) is 9.21 Å². The average Bonchev–Trinajstić information content (AvgIpc) is 2.75. The van der Waals surface area contributed by atoms with Gasteiger partial charge in [-0.3, -0.25) is 13.8 Å². The molecule has 19 heavy (non-hydrogen) atoms. The van der Waals surface area contributed by atoms with Crippen molar-refractivity contribution in [1.29, 1.82) is 0 Å². The molecule has 108 valence electrons. The number of thiol groups is 2. The van der Waals surface area contributed by atoms with Gasteiger partial charge in [-0.1, -0.05) is 25.3 Å². The SMILES string of the molecule is CS(=O)CCN(Cc1ccco1)C(=O)S.NC(=O)S. The third-order valence-corrected chi connectivity index (χ3v) is 2.89. The Bertz CT molecular complexity index is 418. The normalized spacial score (nSPS) is 11.1. The van der Waals surface area contributed by atoms with Crippen molar-refractivity contribution in [2.24, 2.45) is 5.73 Å². The lowest BCUT2D eigenvalue weighted by atomic mass is 10.4. The van der Waals surface area contributed by atoms with Crippen LogP contribution in [0.5, 0.6) is 0 Å². The maximum absolute atomic E-state index is 11.1. The molecule has 1 aromatic heterocycles. The van der Waals surface area contributed by atoms with Gasteiger partial charge in [-0.2, -0.15) is 0 Å². The molecule has 6 nitrogen and oxygen atoms in total. The quantitative estimate of drug-likeness (QED) is 0.716. The Kier molecular flexibility index (Phi) is 9.44. The smallest absolute Gasteiger partial charge is 0.278 e. The van der Waals surface area contributed by atoms with Crippen molar-refractivity contribution in [2.75, 3.05) is 18.6 Å². The minimum Gasteiger partial charge on any atom is -0.467 e. The largest absolute Gasteiger partial charge is 0.467 e. The van der Waals surface area contributed by atoms with E-state index in [0.29, 0.717) is 24.6 Å². The molecule has 1 aromatic rings. The first kappa shape index (κ1) is 18.1. The molecule has 0 spiro atoms. The Morgan fingerprint density at radius 2 is 2.05 bits per heavy atom. The second kappa shape index (κ2) is 9.93. The Morgan fingerprint density at radius 1 is 1.47 bits per heavy atom. The van der Waals surface area contributed by atoms with Crippen molar-refractivity contribution in [3.8, 4) is 0 Å². The molecule has 0 saturated carbocycles. The lowest BCUT2D eigenvalue weighted by Crippen LogP contribution is -2.29. The number of furan rings is 1. The molecule has 0 radical (unpaired) electrons. The van der Waals surface area contributed by atoms with E-state index >= 15 is 0 Å². The van der Waals surface area contributed by atoms with Crippen LogP contribution in [-0.2, 0) is 17.3 Å². The minimum atomic E-state index is -0.910. The van der Waals surface area contributed by atoms with Crippen molar-refractivity contribution in [3.05, 3.63) is 24.2 Å². The molecular weight excluding hydrogens is 308 g/mol. The van der Waals surface area contributed by atoms with Crippen LogP contribution < -0.4 is 5.73 Å². The highest BCUT2D eigenvalue weighted by Gasteiger charge is 2.11. The van der Waals surface area contributed by atoms with Crippen LogP contribution in [0, 0.1) is 0 Å². The van der Waals surface area contributed by atoms with Crippen LogP contribution in [0.1, 0.15) is 5.76 Å². The number of amides is 2. The first-order valence-electron chi connectivity index (χ1n) is 5.11. The summed E-state index contributed by atoms with van der Waals surface area (Å²) in [6.07, 6.45) is 3.16. The van der Waals surface area contributed by atoms with Gasteiger partial charge in [-0.05, 0) is 12.1 Å². The summed E-state index contributed by atoms with van der Waals surface area (Å²) in [5.74, 6) is 1.15. The molecule has 0 saturated heterocycles. The molecule has 1 unspecified atom stereocenters. The van der Waals surface area contributed by atoms with E-state index in [9.17, 15) is 9.00 Å². The lowest BCUT2D eigenvalue weighted by Gasteiger charge is -2.18. The summed E-state index contributed by atoms with van der Waals surface area (Å²) in [5, 5.41) is -0.975. The summed E-state index contributed by atoms with van der Waals surface area (Å²) < 4.78 is 16.0. The van der Waals surface area contributed by atoms with Gasteiger partial charge in [0.25, 0.3) is 10.5 Å². The second-order valence-electron chi connectivity index (χ2n) is 3.40. The lowest BCUT2D eigenvalue weighted by molar-refractivity contribution is 0.219. The van der Waals surface area contributed by atoms with Gasteiger partial charge < -0.3 is 15.1 Å². The van der Waals surface area contributed by atoms with E-state index in [1.807, 2.05) is 0 Å². The molecule has 0 bridgehead atoms. The van der Waals surface area contributed by atoms with Crippen molar-refractivity contribution in [2.45, 2.75) is 6.54 Å². The monoisotopic (exact) mass is 324 g/mol. The fraction of sp³-hybridized carbons (Fsp3) is 0.400. The third-order valence-electron chi connectivity index (χ3n) is 1.85. The van der Waals surface area contributed by atoms with Crippen LogP contribution in [0.15, 0.2) is 22.8 Å². The van der Waals surface area contributed by atoms with Gasteiger partial charge in [0.2, 0.25) is 0 Å². The number of hydrogen-bond acceptors (Lipinski definition) is 4. The van der Waals surface area contributed by atoms with Crippen LogP contribution >= 0.6 is 25.3 Å². The zero-order valence-corrected chi connectivity index (χ0v) is 12.9. The topological polar surface area (TPSA) is 93.6 Å². The van der Waals surface area contributed by atoms with Gasteiger partial charge in [0.05, 0.1) is 12.8 Å². The summed E-state index contributed by atoms with van der Waals surface area (Å²) >= 11 is 6.86. The summed E-state index contributed by atoms with van der Waals surface area (Å²) in [5.41, 5.74) is 4.34. The number of carbonyl (C=O) groups excluding carboxylic acids is 2. The highest BCUT2D eigenvalue weighted by Crippen LogP contribution is 2.07. The van der Waals surface area contributed by atoms with E-state index in [-0.39, 0.29) is 5.24 Å². The molecule has 2 N–H and O–H groups in total. The second-order valence-corrected chi connectivity index (χ2v) is 5.78. The van der Waals surface area contributed by atoms with Crippen molar-refractivity contribution in [3.63, 3.8) is 0 Å². The van der Waals surface area contributed by atoms with E-state index in [1.165, 1.54) is 4.90 Å². The van der Waals surface area contributed by atoms with Crippen molar-refractivity contribution in [1.82, 2.24) is 4.90 Å². The van der Waals surface area contributed by atoms with Crippen LogP contribution in [0.3, 0.4) is 0 Å². The highest BCUT2D eigenvalue weighted by atomic mass is 32.2. The summed E-state index contributed by atoms with van der Waals surface area (Å²) in [6.45, 7) is 0.790. The van der Waals surface area contributed by atoms with Gasteiger partial charge in [0.15, 0.2) is 0 Å². The summed E-state index contributed by atoms with van der Waals surface area (Å²) in [7, 11) is -0.910. The summed E-state index contributed by atoms with van der Waals surface area (Å²) in [4.78, 5) is 21.7. The number of primary amides is 1. The van der Waals surface area contributed by atoms with E-state index in [2.05, 4.69) is 31.0 Å². The Morgan fingerprint density at radius 3 is 2.42 bits per heavy atom. The van der Waals surface area contributed by atoms with E-state index in [1.54, 1.807) is 24.7 Å². The van der Waals surface area contributed by atoms with Gasteiger partial charge >= 0.3 is 0 Å². The number of hydrogen-bond donors (Lipinski definition) is 3. The van der Waals surface area contributed by atoms with Crippen molar-refractivity contribution < 1.29 is 18.2 Å². The molecule has 9 heteroatoms. The Labute approximate surface area is 125 Å².